The summed E-state index contributed by atoms with van der Waals surface area (Å²) in [4.78, 5) is 23.0. The van der Waals surface area contributed by atoms with Crippen LogP contribution in [0.4, 0.5) is 0 Å². The van der Waals surface area contributed by atoms with Crippen molar-refractivity contribution >= 4 is 21.9 Å². The van der Waals surface area contributed by atoms with Crippen molar-refractivity contribution in [3.05, 3.63) is 29.8 Å². The van der Waals surface area contributed by atoms with E-state index < -0.39 is 21.9 Å². The standard InChI is InChI=1S/C14H17N3O5S/c1-10(2)17-23(20,21)12-5-3-11(4-6-12)14(19)16-9-13(18)22-8-7-15/h3-6,10,17H,8-9H2,1-2H3,(H,16,19). The van der Waals surface area contributed by atoms with Gasteiger partial charge in [0.25, 0.3) is 5.91 Å². The summed E-state index contributed by atoms with van der Waals surface area (Å²) in [7, 11) is -3.62. The van der Waals surface area contributed by atoms with Crippen LogP contribution in [0.1, 0.15) is 24.2 Å². The quantitative estimate of drug-likeness (QED) is 0.682. The number of sulfonamides is 1. The molecular weight excluding hydrogens is 322 g/mol. The molecule has 0 aliphatic rings. The maximum Gasteiger partial charge on any atom is 0.326 e. The Kier molecular flexibility index (Phi) is 6.68. The molecule has 0 aromatic heterocycles. The Bertz CT molecular complexity index is 705. The van der Waals surface area contributed by atoms with Gasteiger partial charge in [0, 0.05) is 11.6 Å². The highest BCUT2D eigenvalue weighted by Crippen LogP contribution is 2.11. The van der Waals surface area contributed by atoms with Crippen molar-refractivity contribution in [3.8, 4) is 6.07 Å². The van der Waals surface area contributed by atoms with Gasteiger partial charge < -0.3 is 10.1 Å². The summed E-state index contributed by atoms with van der Waals surface area (Å²) < 4.78 is 30.8. The van der Waals surface area contributed by atoms with Crippen molar-refractivity contribution in [2.45, 2.75) is 24.8 Å². The maximum atomic E-state index is 11.9. The maximum absolute atomic E-state index is 11.9. The first-order valence-corrected chi connectivity index (χ1v) is 8.17. The van der Waals surface area contributed by atoms with Gasteiger partial charge in [-0.15, -0.1) is 0 Å². The van der Waals surface area contributed by atoms with E-state index in [1.165, 1.54) is 24.3 Å². The number of nitrogens with zero attached hydrogens (tertiary/aromatic N) is 1. The third-order valence-corrected chi connectivity index (χ3v) is 4.18. The molecule has 8 nitrogen and oxygen atoms in total. The zero-order valence-corrected chi connectivity index (χ0v) is 13.5. The number of amides is 1. The molecule has 1 aromatic carbocycles. The molecule has 0 saturated carbocycles. The van der Waals surface area contributed by atoms with Crippen molar-refractivity contribution in [1.82, 2.24) is 10.0 Å². The molecule has 0 aliphatic heterocycles. The second-order valence-corrected chi connectivity index (χ2v) is 6.52. The van der Waals surface area contributed by atoms with Crippen LogP contribution in [0.3, 0.4) is 0 Å². The molecule has 1 amide bonds. The number of ether oxygens (including phenoxy) is 1. The predicted octanol–water partition coefficient (Wildman–Crippen LogP) is 0.170. The van der Waals surface area contributed by atoms with Gasteiger partial charge in [-0.05, 0) is 38.1 Å². The molecule has 0 saturated heterocycles. The van der Waals surface area contributed by atoms with Crippen LogP contribution in [-0.2, 0) is 19.6 Å². The lowest BCUT2D eigenvalue weighted by molar-refractivity contribution is -0.140. The second kappa shape index (κ2) is 8.26. The Labute approximate surface area is 134 Å². The van der Waals surface area contributed by atoms with Crippen molar-refractivity contribution in [2.75, 3.05) is 13.2 Å². The van der Waals surface area contributed by atoms with Gasteiger partial charge in [0.05, 0.1) is 4.90 Å². The van der Waals surface area contributed by atoms with Gasteiger partial charge in [-0.1, -0.05) is 0 Å². The van der Waals surface area contributed by atoms with Crippen molar-refractivity contribution in [1.29, 1.82) is 5.26 Å². The Morgan fingerprint density at radius 2 is 1.87 bits per heavy atom. The van der Waals surface area contributed by atoms with Gasteiger partial charge in [-0.25, -0.2) is 13.1 Å². The molecule has 0 aliphatic carbocycles. The molecule has 0 atom stereocenters. The first-order chi connectivity index (χ1) is 10.8. The van der Waals surface area contributed by atoms with Crippen LogP contribution in [0.5, 0.6) is 0 Å². The van der Waals surface area contributed by atoms with Crippen molar-refractivity contribution in [3.63, 3.8) is 0 Å². The molecule has 0 unspecified atom stereocenters. The first kappa shape index (κ1) is 18.6. The Morgan fingerprint density at radius 3 is 2.39 bits per heavy atom. The van der Waals surface area contributed by atoms with Gasteiger partial charge in [0.2, 0.25) is 10.0 Å². The SMILES string of the molecule is CC(C)NS(=O)(=O)c1ccc(C(=O)NCC(=O)OCC#N)cc1. The number of hydrogen-bond donors (Lipinski definition) is 2. The smallest absolute Gasteiger partial charge is 0.326 e. The summed E-state index contributed by atoms with van der Waals surface area (Å²) in [6.07, 6.45) is 0. The molecule has 0 spiro atoms. The summed E-state index contributed by atoms with van der Waals surface area (Å²) in [5.74, 6) is -1.29. The van der Waals surface area contributed by atoms with Crippen LogP contribution in [0.2, 0.25) is 0 Å². The number of carbonyl (C=O) groups excluding carboxylic acids is 2. The summed E-state index contributed by atoms with van der Waals surface area (Å²) in [5, 5.41) is 10.6. The highest BCUT2D eigenvalue weighted by Gasteiger charge is 2.16. The number of rotatable bonds is 7. The van der Waals surface area contributed by atoms with Crippen molar-refractivity contribution in [2.24, 2.45) is 0 Å². The lowest BCUT2D eigenvalue weighted by atomic mass is 10.2. The average Bonchev–Trinajstić information content (AvgIpc) is 2.49. The van der Waals surface area contributed by atoms with Gasteiger partial charge in [-0.2, -0.15) is 5.26 Å². The minimum absolute atomic E-state index is 0.0381. The molecule has 23 heavy (non-hydrogen) atoms. The molecule has 9 heteroatoms. The monoisotopic (exact) mass is 339 g/mol. The van der Waals surface area contributed by atoms with E-state index in [0.717, 1.165) is 0 Å². The highest BCUT2D eigenvalue weighted by molar-refractivity contribution is 7.89. The molecule has 1 aromatic rings. The number of esters is 1. The van der Waals surface area contributed by atoms with Gasteiger partial charge in [0.1, 0.15) is 12.6 Å². The van der Waals surface area contributed by atoms with E-state index in [1.807, 2.05) is 0 Å². The summed E-state index contributed by atoms with van der Waals surface area (Å²) in [5.41, 5.74) is 0.196. The minimum Gasteiger partial charge on any atom is -0.449 e. The third kappa shape index (κ3) is 6.06. The molecule has 124 valence electrons. The molecule has 0 heterocycles. The van der Waals surface area contributed by atoms with Crippen LogP contribution in [-0.4, -0.2) is 39.5 Å². The molecular formula is C14H17N3O5S. The normalized spacial score (nSPS) is 10.9. The second-order valence-electron chi connectivity index (χ2n) is 4.80. The van der Waals surface area contributed by atoms with E-state index in [9.17, 15) is 18.0 Å². The number of benzene rings is 1. The zero-order valence-electron chi connectivity index (χ0n) is 12.7. The van der Waals surface area contributed by atoms with Crippen LogP contribution in [0.15, 0.2) is 29.2 Å². The number of nitrogens with one attached hydrogen (secondary N) is 2. The van der Waals surface area contributed by atoms with E-state index in [2.05, 4.69) is 14.8 Å². The lowest BCUT2D eigenvalue weighted by Gasteiger charge is -2.10. The van der Waals surface area contributed by atoms with Gasteiger partial charge >= 0.3 is 5.97 Å². The van der Waals surface area contributed by atoms with Crippen molar-refractivity contribution < 1.29 is 22.7 Å². The topological polar surface area (TPSA) is 125 Å². The Hall–Kier alpha value is -2.44. The third-order valence-electron chi connectivity index (χ3n) is 2.51. The Morgan fingerprint density at radius 1 is 1.26 bits per heavy atom. The van der Waals surface area contributed by atoms with E-state index in [4.69, 9.17) is 5.26 Å². The van der Waals surface area contributed by atoms with Crippen LogP contribution >= 0.6 is 0 Å². The highest BCUT2D eigenvalue weighted by atomic mass is 32.2. The summed E-state index contributed by atoms with van der Waals surface area (Å²) >= 11 is 0. The molecule has 0 radical (unpaired) electrons. The minimum atomic E-state index is -3.62. The summed E-state index contributed by atoms with van der Waals surface area (Å²) in [6.45, 7) is 2.63. The van der Waals surface area contributed by atoms with E-state index >= 15 is 0 Å². The fraction of sp³-hybridized carbons (Fsp3) is 0.357. The number of carbonyl (C=O) groups is 2. The van der Waals surface area contributed by atoms with E-state index in [0.29, 0.717) is 0 Å². The number of hydrogen-bond acceptors (Lipinski definition) is 6. The van der Waals surface area contributed by atoms with E-state index in [-0.39, 0.29) is 29.7 Å². The Balaban J connectivity index is 2.68. The average molecular weight is 339 g/mol. The molecule has 0 bridgehead atoms. The zero-order chi connectivity index (χ0) is 17.5. The van der Waals surface area contributed by atoms with Gasteiger partial charge in [0.15, 0.2) is 6.61 Å². The summed E-state index contributed by atoms with van der Waals surface area (Å²) in [6, 6.07) is 6.66. The molecule has 0 fully saturated rings. The number of nitriles is 1. The fourth-order valence-electron chi connectivity index (χ4n) is 1.58. The van der Waals surface area contributed by atoms with Crippen LogP contribution in [0, 0.1) is 11.3 Å². The lowest BCUT2D eigenvalue weighted by Crippen LogP contribution is -2.31. The van der Waals surface area contributed by atoms with Gasteiger partial charge in [-0.3, -0.25) is 9.59 Å². The predicted molar refractivity (Wildman–Crippen MR) is 80.8 cm³/mol. The largest absolute Gasteiger partial charge is 0.449 e. The fourth-order valence-corrected chi connectivity index (χ4v) is 2.83. The van der Waals surface area contributed by atoms with Crippen LogP contribution in [0.25, 0.3) is 0 Å². The molecule has 2 N–H and O–H groups in total. The van der Waals surface area contributed by atoms with E-state index in [1.54, 1.807) is 19.9 Å². The van der Waals surface area contributed by atoms with Crippen LogP contribution < -0.4 is 10.0 Å². The first-order valence-electron chi connectivity index (χ1n) is 6.69. The molecule has 1 rings (SSSR count).